The maximum atomic E-state index is 6.08. The van der Waals surface area contributed by atoms with E-state index in [0.29, 0.717) is 10.8 Å². The molecule has 88 valence electrons. The molecular formula is C11H22N2S2. The van der Waals surface area contributed by atoms with Crippen LogP contribution in [0.15, 0.2) is 0 Å². The number of nitrogens with two attached hydrogens (primary N) is 1. The molecule has 2 N–H and O–H groups in total. The third kappa shape index (κ3) is 2.33. The highest BCUT2D eigenvalue weighted by atomic mass is 32.2. The minimum atomic E-state index is 0.315. The summed E-state index contributed by atoms with van der Waals surface area (Å²) in [5, 5.41) is 0.714. The molecule has 2 heterocycles. The van der Waals surface area contributed by atoms with Gasteiger partial charge in [0.05, 0.1) is 0 Å². The third-order valence-electron chi connectivity index (χ3n) is 3.87. The smallest absolute Gasteiger partial charge is 0.0455 e. The SMILES string of the molecule is CC1SCCC1(CN)N1CCCSCC1. The van der Waals surface area contributed by atoms with E-state index in [1.807, 2.05) is 0 Å². The third-order valence-corrected chi connectivity index (χ3v) is 6.29. The lowest BCUT2D eigenvalue weighted by Crippen LogP contribution is -2.58. The summed E-state index contributed by atoms with van der Waals surface area (Å²) in [4.78, 5) is 2.69. The molecule has 15 heavy (non-hydrogen) atoms. The van der Waals surface area contributed by atoms with Crippen molar-refractivity contribution in [2.75, 3.05) is 36.9 Å². The van der Waals surface area contributed by atoms with Gasteiger partial charge in [0, 0.05) is 29.6 Å². The Balaban J connectivity index is 2.09. The summed E-state index contributed by atoms with van der Waals surface area (Å²) in [5.74, 6) is 3.92. The zero-order chi connectivity index (χ0) is 10.7. The molecule has 4 heteroatoms. The van der Waals surface area contributed by atoms with Gasteiger partial charge in [-0.15, -0.1) is 0 Å². The Labute approximate surface area is 102 Å². The van der Waals surface area contributed by atoms with E-state index in [1.54, 1.807) is 0 Å². The van der Waals surface area contributed by atoms with Gasteiger partial charge in [-0.05, 0) is 30.9 Å². The molecule has 0 saturated carbocycles. The van der Waals surface area contributed by atoms with Crippen molar-refractivity contribution in [3.8, 4) is 0 Å². The Morgan fingerprint density at radius 2 is 2.20 bits per heavy atom. The van der Waals surface area contributed by atoms with E-state index in [2.05, 4.69) is 35.3 Å². The summed E-state index contributed by atoms with van der Waals surface area (Å²) in [7, 11) is 0. The summed E-state index contributed by atoms with van der Waals surface area (Å²) < 4.78 is 0. The summed E-state index contributed by atoms with van der Waals surface area (Å²) in [6.07, 6.45) is 2.63. The van der Waals surface area contributed by atoms with Gasteiger partial charge in [-0.2, -0.15) is 23.5 Å². The minimum absolute atomic E-state index is 0.315. The Morgan fingerprint density at radius 3 is 2.87 bits per heavy atom. The lowest BCUT2D eigenvalue weighted by molar-refractivity contribution is 0.107. The van der Waals surface area contributed by atoms with Crippen LogP contribution in [-0.2, 0) is 0 Å². The largest absolute Gasteiger partial charge is 0.329 e. The van der Waals surface area contributed by atoms with Crippen molar-refractivity contribution >= 4 is 23.5 Å². The predicted octanol–water partition coefficient (Wildman–Crippen LogP) is 1.65. The summed E-state index contributed by atoms with van der Waals surface area (Å²) >= 11 is 4.20. The molecule has 2 fully saturated rings. The molecule has 2 aliphatic rings. The van der Waals surface area contributed by atoms with Crippen molar-refractivity contribution in [1.82, 2.24) is 4.90 Å². The van der Waals surface area contributed by atoms with Gasteiger partial charge in [-0.3, -0.25) is 4.90 Å². The molecule has 2 aliphatic heterocycles. The van der Waals surface area contributed by atoms with Gasteiger partial charge >= 0.3 is 0 Å². The van der Waals surface area contributed by atoms with E-state index in [9.17, 15) is 0 Å². The lowest BCUT2D eigenvalue weighted by atomic mass is 9.90. The highest BCUT2D eigenvalue weighted by Gasteiger charge is 2.44. The average Bonchev–Trinajstić information content (AvgIpc) is 2.49. The molecule has 2 saturated heterocycles. The predicted molar refractivity (Wildman–Crippen MR) is 71.8 cm³/mol. The van der Waals surface area contributed by atoms with E-state index in [0.717, 1.165) is 6.54 Å². The molecule has 2 atom stereocenters. The molecule has 0 amide bonds. The van der Waals surface area contributed by atoms with E-state index < -0.39 is 0 Å². The topological polar surface area (TPSA) is 29.3 Å². The van der Waals surface area contributed by atoms with Crippen LogP contribution in [0.3, 0.4) is 0 Å². The monoisotopic (exact) mass is 246 g/mol. The first-order valence-corrected chi connectivity index (χ1v) is 8.14. The standard InChI is InChI=1S/C11H22N2S2/c1-10-11(9-12,3-7-15-10)13-4-2-6-14-8-5-13/h10H,2-9,12H2,1H3. The van der Waals surface area contributed by atoms with Crippen LogP contribution in [-0.4, -0.2) is 52.6 Å². The number of hydrogen-bond donors (Lipinski definition) is 1. The van der Waals surface area contributed by atoms with Crippen molar-refractivity contribution in [3.05, 3.63) is 0 Å². The normalized spacial score (nSPS) is 39.2. The molecule has 0 spiro atoms. The van der Waals surface area contributed by atoms with Gasteiger partial charge in [0.15, 0.2) is 0 Å². The first-order valence-electron chi connectivity index (χ1n) is 5.94. The minimum Gasteiger partial charge on any atom is -0.329 e. The number of thioether (sulfide) groups is 2. The van der Waals surface area contributed by atoms with E-state index >= 15 is 0 Å². The van der Waals surface area contributed by atoms with Crippen LogP contribution in [0.1, 0.15) is 19.8 Å². The first-order chi connectivity index (χ1) is 7.29. The summed E-state index contributed by atoms with van der Waals surface area (Å²) in [6.45, 7) is 5.70. The van der Waals surface area contributed by atoms with E-state index in [-0.39, 0.29) is 0 Å². The van der Waals surface area contributed by atoms with E-state index in [1.165, 1.54) is 43.2 Å². The van der Waals surface area contributed by atoms with Gasteiger partial charge in [-0.25, -0.2) is 0 Å². The fourth-order valence-corrected chi connectivity index (χ4v) is 5.16. The molecule has 0 radical (unpaired) electrons. The van der Waals surface area contributed by atoms with Gasteiger partial charge < -0.3 is 5.73 Å². The first kappa shape index (κ1) is 12.1. The van der Waals surface area contributed by atoms with Crippen LogP contribution in [0, 0.1) is 0 Å². The Hall–Kier alpha value is 0.620. The molecular weight excluding hydrogens is 224 g/mol. The van der Waals surface area contributed by atoms with Gasteiger partial charge in [0.25, 0.3) is 0 Å². The van der Waals surface area contributed by atoms with Crippen molar-refractivity contribution in [2.24, 2.45) is 5.73 Å². The maximum absolute atomic E-state index is 6.08. The fourth-order valence-electron chi connectivity index (χ4n) is 2.77. The highest BCUT2D eigenvalue weighted by Crippen LogP contribution is 2.40. The number of hydrogen-bond acceptors (Lipinski definition) is 4. The van der Waals surface area contributed by atoms with Crippen LogP contribution in [0.5, 0.6) is 0 Å². The average molecular weight is 246 g/mol. The zero-order valence-electron chi connectivity index (χ0n) is 9.58. The Morgan fingerprint density at radius 1 is 1.33 bits per heavy atom. The van der Waals surface area contributed by atoms with Gasteiger partial charge in [0.2, 0.25) is 0 Å². The second-order valence-electron chi connectivity index (χ2n) is 4.52. The summed E-state index contributed by atoms with van der Waals surface area (Å²) in [6, 6.07) is 0. The molecule has 0 aliphatic carbocycles. The summed E-state index contributed by atoms with van der Waals surface area (Å²) in [5.41, 5.74) is 6.39. The molecule has 2 unspecified atom stereocenters. The molecule has 0 aromatic carbocycles. The van der Waals surface area contributed by atoms with Crippen molar-refractivity contribution < 1.29 is 0 Å². The van der Waals surface area contributed by atoms with Crippen LogP contribution in [0.25, 0.3) is 0 Å². The maximum Gasteiger partial charge on any atom is 0.0455 e. The second kappa shape index (κ2) is 5.30. The number of rotatable bonds is 2. The number of nitrogens with zero attached hydrogens (tertiary/aromatic N) is 1. The van der Waals surface area contributed by atoms with Crippen molar-refractivity contribution in [3.63, 3.8) is 0 Å². The van der Waals surface area contributed by atoms with Crippen LogP contribution in [0.2, 0.25) is 0 Å². The molecule has 0 bridgehead atoms. The van der Waals surface area contributed by atoms with Crippen LogP contribution < -0.4 is 5.73 Å². The van der Waals surface area contributed by atoms with E-state index in [4.69, 9.17) is 5.73 Å². The Kier molecular flexibility index (Phi) is 4.27. The van der Waals surface area contributed by atoms with Crippen molar-refractivity contribution in [1.29, 1.82) is 0 Å². The molecule has 0 aromatic rings. The molecule has 0 aromatic heterocycles. The quantitative estimate of drug-likeness (QED) is 0.802. The Bertz CT molecular complexity index is 205. The molecule has 2 nitrogen and oxygen atoms in total. The van der Waals surface area contributed by atoms with Crippen molar-refractivity contribution in [2.45, 2.75) is 30.6 Å². The fraction of sp³-hybridized carbons (Fsp3) is 1.00. The van der Waals surface area contributed by atoms with Crippen LogP contribution in [0.4, 0.5) is 0 Å². The van der Waals surface area contributed by atoms with Crippen LogP contribution >= 0.6 is 23.5 Å². The molecule has 2 rings (SSSR count). The lowest BCUT2D eigenvalue weighted by Gasteiger charge is -2.42. The van der Waals surface area contributed by atoms with Gasteiger partial charge in [-0.1, -0.05) is 6.92 Å². The second-order valence-corrected chi connectivity index (χ2v) is 7.20. The van der Waals surface area contributed by atoms with Gasteiger partial charge in [0.1, 0.15) is 0 Å². The highest BCUT2D eigenvalue weighted by molar-refractivity contribution is 8.00. The zero-order valence-corrected chi connectivity index (χ0v) is 11.2.